The van der Waals surface area contributed by atoms with Gasteiger partial charge in [0.25, 0.3) is 5.91 Å². The maximum atomic E-state index is 12.1. The number of carbonyl (C=O) groups excluding carboxylic acids is 3. The van der Waals surface area contributed by atoms with Crippen LogP contribution < -0.4 is 14.8 Å². The van der Waals surface area contributed by atoms with Gasteiger partial charge >= 0.3 is 5.97 Å². The number of aromatic nitrogens is 1. The van der Waals surface area contributed by atoms with Gasteiger partial charge in [0.2, 0.25) is 18.0 Å². The highest BCUT2D eigenvalue weighted by molar-refractivity contribution is 6.18. The van der Waals surface area contributed by atoms with E-state index in [1.54, 1.807) is 0 Å². The topological polar surface area (TPSA) is 140 Å². The summed E-state index contributed by atoms with van der Waals surface area (Å²) in [6, 6.07) is 10.2. The van der Waals surface area contributed by atoms with Gasteiger partial charge in [-0.15, -0.1) is 0 Å². The van der Waals surface area contributed by atoms with Gasteiger partial charge in [-0.1, -0.05) is 18.2 Å². The summed E-state index contributed by atoms with van der Waals surface area (Å²) in [6.45, 7) is 1.96. The molecule has 38 heavy (non-hydrogen) atoms. The second-order valence-corrected chi connectivity index (χ2v) is 9.44. The van der Waals surface area contributed by atoms with E-state index in [4.69, 9.17) is 0 Å². The van der Waals surface area contributed by atoms with Crippen molar-refractivity contribution in [2.24, 2.45) is 0 Å². The predicted octanol–water partition coefficient (Wildman–Crippen LogP) is 0.00370. The van der Waals surface area contributed by atoms with Crippen LogP contribution in [-0.2, 0) is 32.1 Å². The monoisotopic (exact) mass is 524 g/mol. The fourth-order valence-electron chi connectivity index (χ4n) is 4.84. The number of hydrogen-bond donors (Lipinski definition) is 4. The summed E-state index contributed by atoms with van der Waals surface area (Å²) in [4.78, 5) is 37.0. The Morgan fingerprint density at radius 1 is 1.11 bits per heavy atom. The van der Waals surface area contributed by atoms with E-state index >= 15 is 0 Å². The quantitative estimate of drug-likeness (QED) is 0.139. The summed E-state index contributed by atoms with van der Waals surface area (Å²) < 4.78 is 6.71. The van der Waals surface area contributed by atoms with Crippen molar-refractivity contribution in [1.29, 1.82) is 0 Å². The van der Waals surface area contributed by atoms with Gasteiger partial charge in [0.05, 0.1) is 13.2 Å². The summed E-state index contributed by atoms with van der Waals surface area (Å²) >= 11 is 0. The van der Waals surface area contributed by atoms with E-state index in [1.165, 1.54) is 16.7 Å². The minimum absolute atomic E-state index is 0.0286. The van der Waals surface area contributed by atoms with Gasteiger partial charge in [0, 0.05) is 43.4 Å². The summed E-state index contributed by atoms with van der Waals surface area (Å²) in [5, 5.41) is 30.5. The number of carbonyl (C=O) groups is 3. The van der Waals surface area contributed by atoms with Crippen molar-refractivity contribution in [3.63, 3.8) is 0 Å². The van der Waals surface area contributed by atoms with E-state index in [1.807, 2.05) is 23.2 Å². The summed E-state index contributed by atoms with van der Waals surface area (Å²) in [5.41, 5.74) is 5.83. The van der Waals surface area contributed by atoms with Gasteiger partial charge in [-0.25, -0.2) is 9.36 Å². The molecule has 1 fully saturated rings. The van der Waals surface area contributed by atoms with Crippen molar-refractivity contribution in [2.45, 2.75) is 44.4 Å². The first-order chi connectivity index (χ1) is 18.4. The lowest BCUT2D eigenvalue weighted by atomic mass is 9.87. The van der Waals surface area contributed by atoms with E-state index in [9.17, 15) is 29.7 Å². The minimum atomic E-state index is -1.88. The standard InChI is InChI=1S/C28H33N3O7/c32-15-13-31(14-16-33)22-7-5-19(6-8-22)17-20-3-1-4-21-18-30(12-9-23(20)21)11-2-10-29-27(36)26-24(34)25(35)28(37)38-26/h5-9,12,17-18,25-26,32-33,35H,1-4,10-11,13-16H2/p+1. The molecule has 1 saturated heterocycles. The van der Waals surface area contributed by atoms with Crippen LogP contribution in [0.25, 0.3) is 11.6 Å². The number of aryl methyl sites for hydroxylation is 2. The van der Waals surface area contributed by atoms with Crippen LogP contribution >= 0.6 is 0 Å². The Balaban J connectivity index is 1.34. The summed E-state index contributed by atoms with van der Waals surface area (Å²) in [5.74, 6) is -2.73. The highest BCUT2D eigenvalue weighted by atomic mass is 16.6. The number of Topliss-reactive ketones (excluding diaryl/α,β-unsaturated/α-hetero) is 1. The third kappa shape index (κ3) is 6.45. The number of rotatable bonds is 11. The van der Waals surface area contributed by atoms with E-state index in [2.05, 4.69) is 45.1 Å². The Bertz CT molecular complexity index is 1190. The molecule has 1 aliphatic carbocycles. The van der Waals surface area contributed by atoms with Crippen LogP contribution in [0.4, 0.5) is 5.69 Å². The number of cyclic esters (lactones) is 1. The molecule has 0 saturated carbocycles. The fourth-order valence-corrected chi connectivity index (χ4v) is 4.84. The molecule has 2 aromatic rings. The normalized spacial score (nSPS) is 19.8. The number of amides is 1. The number of esters is 1. The highest BCUT2D eigenvalue weighted by Gasteiger charge is 2.46. The van der Waals surface area contributed by atoms with Crippen molar-refractivity contribution in [3.8, 4) is 0 Å². The molecule has 1 aromatic heterocycles. The van der Waals surface area contributed by atoms with Crippen LogP contribution in [0.5, 0.6) is 0 Å². The van der Waals surface area contributed by atoms with Gasteiger partial charge in [0.1, 0.15) is 6.54 Å². The van der Waals surface area contributed by atoms with Crippen molar-refractivity contribution in [2.75, 3.05) is 37.7 Å². The SMILES string of the molecule is O=C1OC(C(=O)NCCC[n+]2ccc3c(c2)CCCC3=Cc2ccc(N(CCO)CCO)cc2)C(=O)C1O. The third-order valence-electron chi connectivity index (χ3n) is 6.79. The molecule has 0 radical (unpaired) electrons. The fraction of sp³-hybridized carbons (Fsp3) is 0.429. The molecular formula is C28H34N3O7+. The van der Waals surface area contributed by atoms with Crippen LogP contribution in [0, 0.1) is 0 Å². The smallest absolute Gasteiger partial charge is 0.344 e. The third-order valence-corrected chi connectivity index (χ3v) is 6.79. The van der Waals surface area contributed by atoms with Crippen LogP contribution in [-0.4, -0.2) is 78.0 Å². The molecule has 1 aliphatic heterocycles. The first-order valence-corrected chi connectivity index (χ1v) is 12.9. The molecule has 4 N–H and O–H groups in total. The molecule has 2 atom stereocenters. The lowest BCUT2D eigenvalue weighted by Gasteiger charge is -2.23. The maximum Gasteiger partial charge on any atom is 0.344 e. The number of aliphatic hydroxyl groups is 3. The molecule has 10 nitrogen and oxygen atoms in total. The molecule has 2 heterocycles. The molecule has 10 heteroatoms. The lowest BCUT2D eigenvalue weighted by molar-refractivity contribution is -0.697. The number of anilines is 1. The molecule has 2 aliphatic rings. The number of pyridine rings is 1. The zero-order valence-corrected chi connectivity index (χ0v) is 21.2. The maximum absolute atomic E-state index is 12.1. The Morgan fingerprint density at radius 3 is 2.50 bits per heavy atom. The molecule has 1 aromatic carbocycles. The van der Waals surface area contributed by atoms with Gasteiger partial charge in [-0.05, 0) is 48.1 Å². The zero-order valence-electron chi connectivity index (χ0n) is 21.2. The predicted molar refractivity (Wildman–Crippen MR) is 139 cm³/mol. The largest absolute Gasteiger partial charge is 0.442 e. The Kier molecular flexibility index (Phi) is 9.22. The molecule has 0 spiro atoms. The van der Waals surface area contributed by atoms with Crippen LogP contribution in [0.15, 0.2) is 42.7 Å². The number of ketones is 1. The highest BCUT2D eigenvalue weighted by Crippen LogP contribution is 2.31. The number of fused-ring (bicyclic) bond motifs is 1. The molecule has 1 amide bonds. The van der Waals surface area contributed by atoms with E-state index in [0.29, 0.717) is 32.6 Å². The van der Waals surface area contributed by atoms with Gasteiger partial charge in [-0.2, -0.15) is 0 Å². The Hall–Kier alpha value is -3.60. The number of nitrogens with zero attached hydrogens (tertiary/aromatic N) is 2. The summed E-state index contributed by atoms with van der Waals surface area (Å²) in [7, 11) is 0. The molecule has 4 rings (SSSR count). The molecule has 0 bridgehead atoms. The number of benzene rings is 1. The number of aliphatic hydroxyl groups excluding tert-OH is 3. The van der Waals surface area contributed by atoms with Crippen molar-refractivity contribution >= 4 is 35.0 Å². The number of nitrogens with one attached hydrogen (secondary N) is 1. The molecule has 202 valence electrons. The number of allylic oxidation sites excluding steroid dienone is 1. The molecule has 2 unspecified atom stereocenters. The first kappa shape index (κ1) is 27.4. The van der Waals surface area contributed by atoms with Gasteiger partial charge in [0.15, 0.2) is 12.4 Å². The second-order valence-electron chi connectivity index (χ2n) is 9.44. The molecular weight excluding hydrogens is 490 g/mol. The Labute approximate surface area is 221 Å². The average molecular weight is 525 g/mol. The second kappa shape index (κ2) is 12.8. The lowest BCUT2D eigenvalue weighted by Crippen LogP contribution is -2.42. The minimum Gasteiger partial charge on any atom is -0.442 e. The van der Waals surface area contributed by atoms with Crippen molar-refractivity contribution in [3.05, 3.63) is 59.4 Å². The van der Waals surface area contributed by atoms with Gasteiger partial charge < -0.3 is 30.3 Å². The van der Waals surface area contributed by atoms with Gasteiger partial charge in [-0.3, -0.25) is 9.59 Å². The van der Waals surface area contributed by atoms with E-state index < -0.39 is 29.9 Å². The van der Waals surface area contributed by atoms with Crippen molar-refractivity contribution in [1.82, 2.24) is 5.32 Å². The Morgan fingerprint density at radius 2 is 1.84 bits per heavy atom. The van der Waals surface area contributed by atoms with Crippen LogP contribution in [0.3, 0.4) is 0 Å². The number of ether oxygens (including phenoxy) is 1. The zero-order chi connectivity index (χ0) is 27.1. The van der Waals surface area contributed by atoms with Crippen LogP contribution in [0.2, 0.25) is 0 Å². The summed E-state index contributed by atoms with van der Waals surface area (Å²) in [6.07, 6.45) is 6.55. The average Bonchev–Trinajstić information content (AvgIpc) is 3.18. The first-order valence-electron chi connectivity index (χ1n) is 12.9. The van der Waals surface area contributed by atoms with E-state index in [-0.39, 0.29) is 13.2 Å². The van der Waals surface area contributed by atoms with Crippen LogP contribution in [0.1, 0.15) is 36.0 Å². The van der Waals surface area contributed by atoms with Crippen molar-refractivity contribution < 1.29 is 39.0 Å². The van der Waals surface area contributed by atoms with E-state index in [0.717, 1.165) is 30.5 Å². The number of hydrogen-bond acceptors (Lipinski definition) is 8.